The number of carbonyl (C=O) groups excluding carboxylic acids is 1. The van der Waals surface area contributed by atoms with Crippen molar-refractivity contribution in [2.75, 3.05) is 24.2 Å². The van der Waals surface area contributed by atoms with Gasteiger partial charge in [-0.25, -0.2) is 0 Å². The molecule has 0 saturated heterocycles. The van der Waals surface area contributed by atoms with Gasteiger partial charge >= 0.3 is 0 Å². The van der Waals surface area contributed by atoms with Crippen molar-refractivity contribution in [2.45, 2.75) is 0 Å². The molecule has 0 aliphatic heterocycles. The van der Waals surface area contributed by atoms with Crippen molar-refractivity contribution in [2.24, 2.45) is 0 Å². The maximum Gasteiger partial charge on any atom is 0.177 e. The second kappa shape index (κ2) is 4.47. The lowest BCUT2D eigenvalue weighted by Gasteiger charge is -2.03. The van der Waals surface area contributed by atoms with Crippen molar-refractivity contribution in [1.82, 2.24) is 0 Å². The maximum absolute atomic E-state index is 10.7. The first-order valence-corrected chi connectivity index (χ1v) is 3.94. The van der Waals surface area contributed by atoms with Crippen molar-refractivity contribution in [3.8, 4) is 0 Å². The summed E-state index contributed by atoms with van der Waals surface area (Å²) in [6.07, 6.45) is 0. The van der Waals surface area contributed by atoms with Crippen LogP contribution in [0.15, 0.2) is 24.3 Å². The summed E-state index contributed by atoms with van der Waals surface area (Å²) in [6.45, 7) is -0.289. The van der Waals surface area contributed by atoms with Gasteiger partial charge in [-0.2, -0.15) is 0 Å². The van der Waals surface area contributed by atoms with Crippen molar-refractivity contribution in [1.29, 1.82) is 0 Å². The molecule has 0 aliphatic rings. The van der Waals surface area contributed by atoms with Crippen LogP contribution >= 0.6 is 0 Å². The topological polar surface area (TPSA) is 75.3 Å². The molecule has 0 spiro atoms. The van der Waals surface area contributed by atoms with Crippen LogP contribution in [0.1, 0.15) is 0 Å². The molecule has 13 heavy (non-hydrogen) atoms. The van der Waals surface area contributed by atoms with E-state index in [9.17, 15) is 4.79 Å². The minimum atomic E-state index is -0.429. The van der Waals surface area contributed by atoms with Crippen LogP contribution in [0, 0.1) is 0 Å². The third-order valence-electron chi connectivity index (χ3n) is 1.58. The number of nitrogen functional groups attached to an aromatic ring is 1. The van der Waals surface area contributed by atoms with Crippen molar-refractivity contribution >= 4 is 17.2 Å². The van der Waals surface area contributed by atoms with Crippen LogP contribution in [0.4, 0.5) is 11.4 Å². The van der Waals surface area contributed by atoms with Crippen molar-refractivity contribution in [3.05, 3.63) is 24.3 Å². The molecule has 0 fully saturated rings. The molecule has 0 saturated carbocycles. The maximum atomic E-state index is 10.7. The molecule has 70 valence electrons. The number of Topliss-reactive ketones (excluding diaryl/α,β-unsaturated/α-hetero) is 1. The second-order valence-corrected chi connectivity index (χ2v) is 2.67. The van der Waals surface area contributed by atoms with Gasteiger partial charge in [-0.05, 0) is 24.3 Å². The largest absolute Gasteiger partial charge is 0.399 e. The molecule has 0 atom stereocenters. The number of aliphatic hydroxyl groups excluding tert-OH is 1. The molecule has 0 aromatic heterocycles. The third-order valence-corrected chi connectivity index (χ3v) is 1.58. The first kappa shape index (κ1) is 9.54. The number of aliphatic hydroxyl groups is 1. The second-order valence-electron chi connectivity index (χ2n) is 2.67. The monoisotopic (exact) mass is 180 g/mol. The van der Waals surface area contributed by atoms with Gasteiger partial charge in [-0.15, -0.1) is 0 Å². The molecule has 4 nitrogen and oxygen atoms in total. The van der Waals surface area contributed by atoms with E-state index >= 15 is 0 Å². The zero-order valence-corrected chi connectivity index (χ0v) is 7.16. The van der Waals surface area contributed by atoms with Gasteiger partial charge in [0.2, 0.25) is 0 Å². The first-order valence-electron chi connectivity index (χ1n) is 3.94. The van der Waals surface area contributed by atoms with Crippen LogP contribution in [0.25, 0.3) is 0 Å². The van der Waals surface area contributed by atoms with Crippen LogP contribution in [0.5, 0.6) is 0 Å². The highest BCUT2D eigenvalue weighted by Gasteiger charge is 1.97. The van der Waals surface area contributed by atoms with Gasteiger partial charge < -0.3 is 16.2 Å². The summed E-state index contributed by atoms with van der Waals surface area (Å²) < 4.78 is 0. The fourth-order valence-corrected chi connectivity index (χ4v) is 0.858. The van der Waals surface area contributed by atoms with Gasteiger partial charge in [0.05, 0.1) is 6.54 Å². The van der Waals surface area contributed by atoms with Crippen molar-refractivity contribution in [3.63, 3.8) is 0 Å². The molecular formula is C9H12N2O2. The summed E-state index contributed by atoms with van der Waals surface area (Å²) >= 11 is 0. The predicted octanol–water partition coefficient (Wildman–Crippen LogP) is 0.242. The highest BCUT2D eigenvalue weighted by molar-refractivity contribution is 5.83. The van der Waals surface area contributed by atoms with E-state index < -0.39 is 6.61 Å². The Hall–Kier alpha value is -1.55. The Kier molecular flexibility index (Phi) is 3.28. The molecule has 1 aromatic rings. The Balaban J connectivity index is 2.46. The Morgan fingerprint density at radius 3 is 2.54 bits per heavy atom. The summed E-state index contributed by atoms with van der Waals surface area (Å²) in [6, 6.07) is 7.04. The smallest absolute Gasteiger partial charge is 0.177 e. The van der Waals surface area contributed by atoms with Crippen LogP contribution in [-0.2, 0) is 4.79 Å². The number of nitrogens with two attached hydrogens (primary N) is 1. The average molecular weight is 180 g/mol. The Morgan fingerprint density at radius 1 is 1.38 bits per heavy atom. The van der Waals surface area contributed by atoms with E-state index in [4.69, 9.17) is 10.8 Å². The lowest BCUT2D eigenvalue weighted by molar-refractivity contribution is -0.120. The molecule has 1 aromatic carbocycles. The zero-order valence-electron chi connectivity index (χ0n) is 7.16. The van der Waals surface area contributed by atoms with E-state index in [1.807, 2.05) is 0 Å². The SMILES string of the molecule is Nc1ccc(NCC(=O)CO)cc1. The quantitative estimate of drug-likeness (QED) is 0.580. The Labute approximate surface area is 76.4 Å². The molecule has 0 amide bonds. The number of hydrogen-bond acceptors (Lipinski definition) is 4. The molecule has 0 heterocycles. The molecular weight excluding hydrogens is 168 g/mol. The fraction of sp³-hybridized carbons (Fsp3) is 0.222. The summed E-state index contributed by atoms with van der Waals surface area (Å²) in [5.74, 6) is -0.239. The number of nitrogens with one attached hydrogen (secondary N) is 1. The Morgan fingerprint density at radius 2 is 2.00 bits per heavy atom. The molecule has 1 rings (SSSR count). The molecule has 4 N–H and O–H groups in total. The standard InChI is InChI=1S/C9H12N2O2/c10-7-1-3-8(4-2-7)11-5-9(13)6-12/h1-4,11-12H,5-6,10H2. The van der Waals surface area contributed by atoms with Crippen LogP contribution in [-0.4, -0.2) is 24.0 Å². The van der Waals surface area contributed by atoms with Gasteiger partial charge in [-0.3, -0.25) is 4.79 Å². The molecule has 0 unspecified atom stereocenters. The van der Waals surface area contributed by atoms with Gasteiger partial charge in [0, 0.05) is 11.4 Å². The van der Waals surface area contributed by atoms with E-state index in [0.29, 0.717) is 5.69 Å². The van der Waals surface area contributed by atoms with Gasteiger partial charge in [0.15, 0.2) is 5.78 Å². The fourth-order valence-electron chi connectivity index (χ4n) is 0.858. The number of anilines is 2. The van der Waals surface area contributed by atoms with E-state index in [-0.39, 0.29) is 12.3 Å². The number of benzene rings is 1. The number of rotatable bonds is 4. The van der Waals surface area contributed by atoms with Crippen LogP contribution < -0.4 is 11.1 Å². The summed E-state index contributed by atoms with van der Waals surface area (Å²) in [7, 11) is 0. The van der Waals surface area contributed by atoms with Gasteiger partial charge in [-0.1, -0.05) is 0 Å². The molecule has 0 bridgehead atoms. The summed E-state index contributed by atoms with van der Waals surface area (Å²) in [4.78, 5) is 10.7. The minimum absolute atomic E-state index is 0.139. The van der Waals surface area contributed by atoms with Gasteiger partial charge in [0.1, 0.15) is 6.61 Å². The number of ketones is 1. The highest BCUT2D eigenvalue weighted by Crippen LogP contribution is 2.09. The third kappa shape index (κ3) is 3.13. The van der Waals surface area contributed by atoms with Crippen molar-refractivity contribution < 1.29 is 9.90 Å². The van der Waals surface area contributed by atoms with Crippen LogP contribution in [0.2, 0.25) is 0 Å². The summed E-state index contributed by atoms with van der Waals surface area (Å²) in [5.41, 5.74) is 6.97. The first-order chi connectivity index (χ1) is 6.22. The lowest BCUT2D eigenvalue weighted by Crippen LogP contribution is -2.16. The molecule has 0 aliphatic carbocycles. The van der Waals surface area contributed by atoms with Crippen LogP contribution in [0.3, 0.4) is 0 Å². The van der Waals surface area contributed by atoms with E-state index in [0.717, 1.165) is 5.69 Å². The summed E-state index contributed by atoms with van der Waals surface area (Å²) in [5, 5.41) is 11.3. The molecule has 4 heteroatoms. The molecule has 0 radical (unpaired) electrons. The van der Waals surface area contributed by atoms with Gasteiger partial charge in [0.25, 0.3) is 0 Å². The predicted molar refractivity (Wildman–Crippen MR) is 51.4 cm³/mol. The average Bonchev–Trinajstić information content (AvgIpc) is 2.16. The van der Waals surface area contributed by atoms with E-state index in [1.54, 1.807) is 24.3 Å². The normalized spacial score (nSPS) is 9.62. The zero-order chi connectivity index (χ0) is 9.68. The Bertz CT molecular complexity index is 282. The minimum Gasteiger partial charge on any atom is -0.399 e. The van der Waals surface area contributed by atoms with E-state index in [2.05, 4.69) is 5.32 Å². The van der Waals surface area contributed by atoms with E-state index in [1.165, 1.54) is 0 Å². The number of hydrogen-bond donors (Lipinski definition) is 3. The highest BCUT2D eigenvalue weighted by atomic mass is 16.3. The lowest BCUT2D eigenvalue weighted by atomic mass is 10.3. The number of carbonyl (C=O) groups is 1.